The average molecular weight is 443 g/mol. The van der Waals surface area contributed by atoms with Gasteiger partial charge in [-0.3, -0.25) is 9.69 Å². The predicted molar refractivity (Wildman–Crippen MR) is 120 cm³/mol. The van der Waals surface area contributed by atoms with Crippen molar-refractivity contribution in [3.05, 3.63) is 54.3 Å². The van der Waals surface area contributed by atoms with Crippen LogP contribution in [0.25, 0.3) is 22.1 Å². The van der Waals surface area contributed by atoms with E-state index in [0.717, 1.165) is 16.5 Å². The molecule has 2 aromatic carbocycles. The van der Waals surface area contributed by atoms with Crippen LogP contribution in [0.2, 0.25) is 0 Å². The van der Waals surface area contributed by atoms with Gasteiger partial charge in [-0.2, -0.15) is 0 Å². The maximum Gasteiger partial charge on any atom is 0.290 e. The first-order chi connectivity index (χ1) is 14.9. The van der Waals surface area contributed by atoms with Crippen LogP contribution in [0.15, 0.2) is 52.9 Å². The number of fused-ring (bicyclic) bond motifs is 1. The van der Waals surface area contributed by atoms with E-state index in [2.05, 4.69) is 4.90 Å². The third-order valence-electron chi connectivity index (χ3n) is 5.59. The zero-order chi connectivity index (χ0) is 22.0. The Hall–Kier alpha value is -2.84. The number of piperazine rings is 1. The van der Waals surface area contributed by atoms with Gasteiger partial charge in [-0.15, -0.1) is 0 Å². The number of nitrogens with zero attached hydrogens (tertiary/aromatic N) is 2. The second-order valence-corrected chi connectivity index (χ2v) is 10.1. The van der Waals surface area contributed by atoms with Gasteiger partial charge >= 0.3 is 0 Å². The van der Waals surface area contributed by atoms with E-state index >= 15 is 0 Å². The van der Waals surface area contributed by atoms with Crippen LogP contribution >= 0.6 is 0 Å². The zero-order valence-electron chi connectivity index (χ0n) is 17.7. The summed E-state index contributed by atoms with van der Waals surface area (Å²) in [6, 6.07) is 15.3. The van der Waals surface area contributed by atoms with E-state index in [9.17, 15) is 13.2 Å². The number of hydrogen-bond acceptors (Lipinski definition) is 6. The van der Waals surface area contributed by atoms with Gasteiger partial charge in [0.25, 0.3) is 5.91 Å². The van der Waals surface area contributed by atoms with Crippen LogP contribution in [-0.4, -0.2) is 76.0 Å². The first-order valence-corrected chi connectivity index (χ1v) is 12.3. The van der Waals surface area contributed by atoms with Crippen LogP contribution in [0.3, 0.4) is 0 Å². The van der Waals surface area contributed by atoms with E-state index < -0.39 is 9.84 Å². The minimum absolute atomic E-state index is 0.129. The van der Waals surface area contributed by atoms with Crippen molar-refractivity contribution in [3.8, 4) is 16.9 Å². The van der Waals surface area contributed by atoms with Crippen LogP contribution < -0.4 is 4.74 Å². The minimum atomic E-state index is -3.00. The lowest BCUT2D eigenvalue weighted by Crippen LogP contribution is -2.49. The van der Waals surface area contributed by atoms with Crippen molar-refractivity contribution in [1.82, 2.24) is 9.80 Å². The fourth-order valence-corrected chi connectivity index (χ4v) is 4.45. The molecule has 1 fully saturated rings. The first-order valence-electron chi connectivity index (χ1n) is 10.2. The molecule has 1 aromatic heterocycles. The van der Waals surface area contributed by atoms with E-state index in [0.29, 0.717) is 49.8 Å². The molecular formula is C23H26N2O5S. The molecule has 1 saturated heterocycles. The third kappa shape index (κ3) is 4.75. The van der Waals surface area contributed by atoms with E-state index in [-0.39, 0.29) is 11.7 Å². The Morgan fingerprint density at radius 2 is 1.77 bits per heavy atom. The molecule has 31 heavy (non-hydrogen) atoms. The Balaban J connectivity index is 1.61. The number of benzene rings is 2. The molecule has 3 aromatic rings. The summed E-state index contributed by atoms with van der Waals surface area (Å²) < 4.78 is 34.2. The quantitative estimate of drug-likeness (QED) is 0.584. The second-order valence-electron chi connectivity index (χ2n) is 7.80. The molecular weight excluding hydrogens is 416 g/mol. The molecule has 1 aliphatic heterocycles. The van der Waals surface area contributed by atoms with E-state index in [1.54, 1.807) is 18.1 Å². The van der Waals surface area contributed by atoms with Crippen molar-refractivity contribution in [2.75, 3.05) is 51.8 Å². The number of furan rings is 1. The van der Waals surface area contributed by atoms with Crippen LogP contribution in [0, 0.1) is 0 Å². The molecule has 4 rings (SSSR count). The Morgan fingerprint density at radius 3 is 2.42 bits per heavy atom. The fourth-order valence-electron chi connectivity index (χ4n) is 3.86. The van der Waals surface area contributed by atoms with Gasteiger partial charge in [0.2, 0.25) is 5.76 Å². The first kappa shape index (κ1) is 21.4. The van der Waals surface area contributed by atoms with Crippen molar-refractivity contribution < 1.29 is 22.4 Å². The number of ether oxygens (including phenoxy) is 1. The van der Waals surface area contributed by atoms with Gasteiger partial charge < -0.3 is 14.1 Å². The molecule has 7 nitrogen and oxygen atoms in total. The highest BCUT2D eigenvalue weighted by molar-refractivity contribution is 7.90. The molecule has 0 radical (unpaired) electrons. The van der Waals surface area contributed by atoms with Crippen molar-refractivity contribution >= 4 is 26.7 Å². The summed E-state index contributed by atoms with van der Waals surface area (Å²) in [5.74, 6) is 0.958. The summed E-state index contributed by atoms with van der Waals surface area (Å²) in [5, 5.41) is 0.863. The van der Waals surface area contributed by atoms with Gasteiger partial charge in [-0.05, 0) is 17.7 Å². The number of rotatable bonds is 6. The van der Waals surface area contributed by atoms with Gasteiger partial charge in [-0.25, -0.2) is 8.42 Å². The summed E-state index contributed by atoms with van der Waals surface area (Å²) in [5.41, 5.74) is 2.30. The second kappa shape index (κ2) is 8.72. The molecule has 0 spiro atoms. The molecule has 0 unspecified atom stereocenters. The molecule has 0 atom stereocenters. The Bertz CT molecular complexity index is 1180. The Labute approximate surface area is 182 Å². The lowest BCUT2D eigenvalue weighted by molar-refractivity contribution is 0.0616. The topological polar surface area (TPSA) is 80.1 Å². The third-order valence-corrected chi connectivity index (χ3v) is 6.52. The SMILES string of the molecule is COc1ccc2c(-c3ccccc3)c(C(=O)N3CCN(CCS(C)(=O)=O)CC3)oc2c1. The fraction of sp³-hybridized carbons (Fsp3) is 0.348. The number of amides is 1. The highest BCUT2D eigenvalue weighted by Gasteiger charge is 2.29. The van der Waals surface area contributed by atoms with Crippen LogP contribution in [0.4, 0.5) is 0 Å². The van der Waals surface area contributed by atoms with Gasteiger partial charge in [0.1, 0.15) is 21.2 Å². The monoisotopic (exact) mass is 442 g/mol. The van der Waals surface area contributed by atoms with Gasteiger partial charge in [-0.1, -0.05) is 30.3 Å². The predicted octanol–water partition coefficient (Wildman–Crippen LogP) is 2.91. The standard InChI is InChI=1S/C23H26N2O5S/c1-29-18-8-9-19-20(16-18)30-22(21(19)17-6-4-3-5-7-17)23(26)25-12-10-24(11-13-25)14-15-31(2,27)28/h3-9,16H,10-15H2,1-2H3. The van der Waals surface area contributed by atoms with E-state index in [4.69, 9.17) is 9.15 Å². The van der Waals surface area contributed by atoms with Crippen LogP contribution in [-0.2, 0) is 9.84 Å². The number of carbonyl (C=O) groups excluding carboxylic acids is 1. The molecule has 0 aliphatic carbocycles. The smallest absolute Gasteiger partial charge is 0.290 e. The van der Waals surface area contributed by atoms with E-state index in [1.807, 2.05) is 42.5 Å². The van der Waals surface area contributed by atoms with Gasteiger partial charge in [0, 0.05) is 56.0 Å². The summed E-state index contributed by atoms with van der Waals surface area (Å²) in [4.78, 5) is 17.3. The molecule has 0 bridgehead atoms. The molecule has 2 heterocycles. The van der Waals surface area contributed by atoms with Gasteiger partial charge in [0.15, 0.2) is 0 Å². The molecule has 164 valence electrons. The lowest BCUT2D eigenvalue weighted by Gasteiger charge is -2.34. The average Bonchev–Trinajstić information content (AvgIpc) is 3.16. The Kier molecular flexibility index (Phi) is 6.02. The molecule has 1 aliphatic rings. The summed E-state index contributed by atoms with van der Waals surface area (Å²) in [6.45, 7) is 2.81. The Morgan fingerprint density at radius 1 is 1.06 bits per heavy atom. The van der Waals surface area contributed by atoms with Crippen molar-refractivity contribution in [3.63, 3.8) is 0 Å². The summed E-state index contributed by atoms with van der Waals surface area (Å²) in [6.07, 6.45) is 1.24. The zero-order valence-corrected chi connectivity index (χ0v) is 18.5. The van der Waals surface area contributed by atoms with E-state index in [1.165, 1.54) is 6.26 Å². The van der Waals surface area contributed by atoms with Crippen molar-refractivity contribution in [2.24, 2.45) is 0 Å². The number of methoxy groups -OCH3 is 1. The van der Waals surface area contributed by atoms with Crippen molar-refractivity contribution in [2.45, 2.75) is 0 Å². The largest absolute Gasteiger partial charge is 0.497 e. The maximum atomic E-state index is 13.4. The van der Waals surface area contributed by atoms with Crippen molar-refractivity contribution in [1.29, 1.82) is 0 Å². The minimum Gasteiger partial charge on any atom is -0.497 e. The number of hydrogen-bond donors (Lipinski definition) is 0. The maximum absolute atomic E-state index is 13.4. The highest BCUT2D eigenvalue weighted by atomic mass is 32.2. The number of carbonyl (C=O) groups is 1. The summed E-state index contributed by atoms with van der Waals surface area (Å²) in [7, 11) is -1.41. The number of sulfone groups is 1. The van der Waals surface area contributed by atoms with Crippen LogP contribution in [0.1, 0.15) is 10.6 Å². The molecule has 0 N–H and O–H groups in total. The van der Waals surface area contributed by atoms with Crippen LogP contribution in [0.5, 0.6) is 5.75 Å². The lowest BCUT2D eigenvalue weighted by atomic mass is 10.0. The van der Waals surface area contributed by atoms with Gasteiger partial charge in [0.05, 0.1) is 12.9 Å². The molecule has 0 saturated carbocycles. The molecule has 8 heteroatoms. The summed E-state index contributed by atoms with van der Waals surface area (Å²) >= 11 is 0. The highest BCUT2D eigenvalue weighted by Crippen LogP contribution is 2.37. The normalized spacial score (nSPS) is 15.4. The molecule has 1 amide bonds.